The first-order valence-electron chi connectivity index (χ1n) is 8.98. The molecule has 0 amide bonds. The van der Waals surface area contributed by atoms with Gasteiger partial charge >= 0.3 is 0 Å². The van der Waals surface area contributed by atoms with Crippen LogP contribution in [-0.2, 0) is 13.0 Å². The van der Waals surface area contributed by atoms with E-state index in [4.69, 9.17) is 0 Å². The van der Waals surface area contributed by atoms with Gasteiger partial charge in [-0.05, 0) is 50.1 Å². The first-order chi connectivity index (χ1) is 12.1. The van der Waals surface area contributed by atoms with Crippen molar-refractivity contribution in [1.29, 1.82) is 0 Å². The molecule has 0 unspecified atom stereocenters. The van der Waals surface area contributed by atoms with E-state index in [0.29, 0.717) is 0 Å². The summed E-state index contributed by atoms with van der Waals surface area (Å²) in [5.41, 5.74) is 6.12. The van der Waals surface area contributed by atoms with Crippen LogP contribution in [0.2, 0.25) is 0 Å². The van der Waals surface area contributed by atoms with Crippen LogP contribution in [0.4, 0.5) is 0 Å². The van der Waals surface area contributed by atoms with Crippen molar-refractivity contribution in [3.8, 4) is 0 Å². The van der Waals surface area contributed by atoms with Gasteiger partial charge in [-0.1, -0.05) is 17.7 Å². The summed E-state index contributed by atoms with van der Waals surface area (Å²) in [5, 5.41) is 11.8. The van der Waals surface area contributed by atoms with Gasteiger partial charge in [0.25, 0.3) is 0 Å². The Morgan fingerprint density at radius 1 is 1.20 bits per heavy atom. The summed E-state index contributed by atoms with van der Waals surface area (Å²) in [6, 6.07) is 12.5. The summed E-state index contributed by atoms with van der Waals surface area (Å²) >= 11 is 0. The Bertz CT molecular complexity index is 871. The number of fused-ring (bicyclic) bond motifs is 1. The van der Waals surface area contributed by atoms with Crippen molar-refractivity contribution < 1.29 is 5.11 Å². The summed E-state index contributed by atoms with van der Waals surface area (Å²) in [4.78, 5) is 10.3. The van der Waals surface area contributed by atoms with E-state index in [2.05, 4.69) is 46.9 Å². The number of likely N-dealkylation sites (tertiary alicyclic amines) is 1. The van der Waals surface area contributed by atoms with E-state index >= 15 is 0 Å². The van der Waals surface area contributed by atoms with Gasteiger partial charge in [-0.3, -0.25) is 9.88 Å². The zero-order valence-electron chi connectivity index (χ0n) is 14.9. The maximum absolute atomic E-state index is 10.5. The number of H-pyrrole nitrogens is 1. The Kier molecular flexibility index (Phi) is 4.32. The van der Waals surface area contributed by atoms with Crippen LogP contribution >= 0.6 is 0 Å². The van der Waals surface area contributed by atoms with Crippen LogP contribution < -0.4 is 0 Å². The number of aromatic amines is 1. The molecule has 4 nitrogen and oxygen atoms in total. The minimum absolute atomic E-state index is 0.252. The van der Waals surface area contributed by atoms with Crippen LogP contribution in [-0.4, -0.2) is 39.2 Å². The summed E-state index contributed by atoms with van der Waals surface area (Å²) in [6.45, 7) is 6.81. The Hall–Kier alpha value is -2.17. The third-order valence-electron chi connectivity index (χ3n) is 5.38. The highest BCUT2D eigenvalue weighted by molar-refractivity contribution is 5.85. The number of nitrogens with zero attached hydrogens (tertiary/aromatic N) is 2. The number of benzene rings is 1. The van der Waals surface area contributed by atoms with Crippen molar-refractivity contribution in [2.45, 2.75) is 32.9 Å². The van der Waals surface area contributed by atoms with Gasteiger partial charge in [-0.15, -0.1) is 0 Å². The third-order valence-corrected chi connectivity index (χ3v) is 5.38. The second-order valence-electron chi connectivity index (χ2n) is 7.32. The highest BCUT2D eigenvalue weighted by Crippen LogP contribution is 2.27. The molecule has 2 aromatic heterocycles. The molecular weight excluding hydrogens is 310 g/mol. The van der Waals surface area contributed by atoms with Gasteiger partial charge in [0.1, 0.15) is 0 Å². The van der Waals surface area contributed by atoms with Crippen molar-refractivity contribution in [2.24, 2.45) is 5.92 Å². The van der Waals surface area contributed by atoms with Crippen molar-refractivity contribution in [3.63, 3.8) is 0 Å². The Balaban J connectivity index is 1.48. The number of rotatable bonds is 4. The number of aryl methyl sites for hydroxylation is 2. The summed E-state index contributed by atoms with van der Waals surface area (Å²) in [7, 11) is 0. The number of aliphatic hydroxyl groups is 1. The fraction of sp³-hybridized carbons (Fsp3) is 0.381. The van der Waals surface area contributed by atoms with E-state index in [9.17, 15) is 5.11 Å². The molecule has 0 saturated carbocycles. The smallest absolute Gasteiger partial charge is 0.0711 e. The van der Waals surface area contributed by atoms with E-state index in [1.807, 2.05) is 24.4 Å². The monoisotopic (exact) mass is 335 g/mol. The zero-order chi connectivity index (χ0) is 17.4. The molecule has 3 aromatic rings. The van der Waals surface area contributed by atoms with Crippen molar-refractivity contribution in [1.82, 2.24) is 14.9 Å². The van der Waals surface area contributed by atoms with Crippen LogP contribution in [0.1, 0.15) is 22.5 Å². The van der Waals surface area contributed by atoms with Crippen LogP contribution in [0.3, 0.4) is 0 Å². The molecule has 130 valence electrons. The molecule has 2 atom stereocenters. The van der Waals surface area contributed by atoms with E-state index in [1.165, 1.54) is 27.7 Å². The molecule has 1 aromatic carbocycles. The minimum atomic E-state index is -0.283. The summed E-state index contributed by atoms with van der Waals surface area (Å²) < 4.78 is 0. The molecular formula is C21H25N3O. The molecule has 0 bridgehead atoms. The first kappa shape index (κ1) is 16.3. The lowest BCUT2D eigenvalue weighted by Crippen LogP contribution is -2.22. The number of pyridine rings is 1. The number of aromatic nitrogens is 2. The molecule has 0 radical (unpaired) electrons. The zero-order valence-corrected chi connectivity index (χ0v) is 14.9. The summed E-state index contributed by atoms with van der Waals surface area (Å²) in [5.74, 6) is 0.252. The minimum Gasteiger partial charge on any atom is -0.391 e. The predicted molar refractivity (Wildman–Crippen MR) is 100 cm³/mol. The van der Waals surface area contributed by atoms with Crippen LogP contribution in [0.15, 0.2) is 42.6 Å². The SMILES string of the molecule is Cc1ccc2[nH]c(CN3C[C@@H](Cc4ccccn4)[C@H](O)C3)c(C)c2c1. The van der Waals surface area contributed by atoms with Gasteiger partial charge in [0, 0.05) is 54.0 Å². The topological polar surface area (TPSA) is 52.2 Å². The lowest BCUT2D eigenvalue weighted by Gasteiger charge is -2.15. The summed E-state index contributed by atoms with van der Waals surface area (Å²) in [6.07, 6.45) is 2.38. The van der Waals surface area contributed by atoms with Crippen LogP contribution in [0.5, 0.6) is 0 Å². The van der Waals surface area contributed by atoms with Gasteiger partial charge in [0.15, 0.2) is 0 Å². The number of β-amino-alcohol motifs (C(OH)–C–C–N with tert-alkyl or cyclic N) is 1. The van der Waals surface area contributed by atoms with Crippen molar-refractivity contribution in [3.05, 3.63) is 65.1 Å². The highest BCUT2D eigenvalue weighted by Gasteiger charge is 2.32. The highest BCUT2D eigenvalue weighted by atomic mass is 16.3. The second kappa shape index (κ2) is 6.62. The Morgan fingerprint density at radius 3 is 2.88 bits per heavy atom. The normalized spacial score (nSPS) is 21.2. The van der Waals surface area contributed by atoms with E-state index in [1.54, 1.807) is 0 Å². The van der Waals surface area contributed by atoms with E-state index in [-0.39, 0.29) is 12.0 Å². The molecule has 0 spiro atoms. The second-order valence-corrected chi connectivity index (χ2v) is 7.32. The first-order valence-corrected chi connectivity index (χ1v) is 8.98. The molecule has 1 aliphatic heterocycles. The molecule has 1 aliphatic rings. The lowest BCUT2D eigenvalue weighted by atomic mass is 10.00. The van der Waals surface area contributed by atoms with E-state index in [0.717, 1.165) is 31.7 Å². The standard InChI is InChI=1S/C21H25N3O/c1-14-6-7-19-18(9-14)15(2)20(23-19)12-24-11-16(21(25)13-24)10-17-5-3-4-8-22-17/h3-9,16,21,23,25H,10-13H2,1-2H3/t16-,21-/m1/s1. The molecule has 3 heterocycles. The Labute approximate surface area is 148 Å². The number of aliphatic hydroxyl groups excluding tert-OH is 1. The van der Waals surface area contributed by atoms with E-state index < -0.39 is 0 Å². The molecule has 0 aliphatic carbocycles. The van der Waals surface area contributed by atoms with Crippen LogP contribution in [0, 0.1) is 19.8 Å². The molecule has 2 N–H and O–H groups in total. The number of nitrogens with one attached hydrogen (secondary N) is 1. The average molecular weight is 335 g/mol. The fourth-order valence-electron chi connectivity index (χ4n) is 3.94. The van der Waals surface area contributed by atoms with Gasteiger partial charge in [0.05, 0.1) is 6.10 Å². The van der Waals surface area contributed by atoms with Gasteiger partial charge < -0.3 is 10.1 Å². The molecule has 1 fully saturated rings. The molecule has 4 heteroatoms. The molecule has 25 heavy (non-hydrogen) atoms. The van der Waals surface area contributed by atoms with Crippen molar-refractivity contribution >= 4 is 10.9 Å². The predicted octanol–water partition coefficient (Wildman–Crippen LogP) is 3.22. The number of hydrogen-bond donors (Lipinski definition) is 2. The fourth-order valence-corrected chi connectivity index (χ4v) is 3.94. The lowest BCUT2D eigenvalue weighted by molar-refractivity contribution is 0.140. The third kappa shape index (κ3) is 3.32. The average Bonchev–Trinajstić information content (AvgIpc) is 3.09. The van der Waals surface area contributed by atoms with Crippen LogP contribution in [0.25, 0.3) is 10.9 Å². The molecule has 1 saturated heterocycles. The Morgan fingerprint density at radius 2 is 2.08 bits per heavy atom. The maximum Gasteiger partial charge on any atom is 0.0711 e. The van der Waals surface area contributed by atoms with Gasteiger partial charge in [0.2, 0.25) is 0 Å². The van der Waals surface area contributed by atoms with Gasteiger partial charge in [-0.25, -0.2) is 0 Å². The van der Waals surface area contributed by atoms with Gasteiger partial charge in [-0.2, -0.15) is 0 Å². The maximum atomic E-state index is 10.5. The largest absolute Gasteiger partial charge is 0.391 e. The van der Waals surface area contributed by atoms with Crippen molar-refractivity contribution in [2.75, 3.05) is 13.1 Å². The quantitative estimate of drug-likeness (QED) is 0.770. The number of hydrogen-bond acceptors (Lipinski definition) is 3. The molecule has 4 rings (SSSR count).